The van der Waals surface area contributed by atoms with E-state index < -0.39 is 0 Å². The molecule has 1 aliphatic heterocycles. The van der Waals surface area contributed by atoms with Crippen LogP contribution in [0.3, 0.4) is 0 Å². The predicted molar refractivity (Wildman–Crippen MR) is 113 cm³/mol. The number of methoxy groups -OCH3 is 3. The molecule has 7 heteroatoms. The van der Waals surface area contributed by atoms with Crippen molar-refractivity contribution in [2.75, 3.05) is 27.9 Å². The van der Waals surface area contributed by atoms with Gasteiger partial charge in [-0.3, -0.25) is 0 Å². The number of fused-ring (bicyclic) bond motifs is 1. The number of hydrogen-bond acceptors (Lipinski definition) is 7. The van der Waals surface area contributed by atoms with Gasteiger partial charge in [-0.05, 0) is 36.2 Å². The number of ether oxygens (including phenoxy) is 3. The normalized spacial score (nSPS) is 14.2. The van der Waals surface area contributed by atoms with E-state index in [1.807, 2.05) is 25.3 Å². The zero-order chi connectivity index (χ0) is 21.3. The average Bonchev–Trinajstić information content (AvgIpc) is 3.21. The van der Waals surface area contributed by atoms with Gasteiger partial charge in [-0.25, -0.2) is 9.97 Å². The van der Waals surface area contributed by atoms with E-state index in [0.717, 1.165) is 47.9 Å². The first-order chi connectivity index (χ1) is 14.5. The highest BCUT2D eigenvalue weighted by Gasteiger charge is 2.22. The van der Waals surface area contributed by atoms with Crippen molar-refractivity contribution < 1.29 is 18.6 Å². The number of aryl methyl sites for hydroxylation is 1. The smallest absolute Gasteiger partial charge is 0.203 e. The summed E-state index contributed by atoms with van der Waals surface area (Å²) in [5.74, 6) is 4.25. The third-order valence-corrected chi connectivity index (χ3v) is 5.54. The minimum atomic E-state index is -0.0793. The first kappa shape index (κ1) is 20.2. The van der Waals surface area contributed by atoms with Crippen molar-refractivity contribution in [3.05, 3.63) is 52.7 Å². The molecule has 1 atom stereocenters. The molecule has 0 bridgehead atoms. The second-order valence-electron chi connectivity index (χ2n) is 7.43. The van der Waals surface area contributed by atoms with E-state index in [-0.39, 0.29) is 5.92 Å². The highest BCUT2D eigenvalue weighted by molar-refractivity contribution is 5.59. The van der Waals surface area contributed by atoms with Crippen molar-refractivity contribution in [2.45, 2.75) is 32.7 Å². The van der Waals surface area contributed by atoms with E-state index in [0.29, 0.717) is 23.1 Å². The molecule has 0 aliphatic carbocycles. The van der Waals surface area contributed by atoms with Crippen molar-refractivity contribution in [3.8, 4) is 28.7 Å². The van der Waals surface area contributed by atoms with Crippen LogP contribution in [-0.2, 0) is 13.0 Å². The lowest BCUT2D eigenvalue weighted by Gasteiger charge is -2.17. The van der Waals surface area contributed by atoms with Crippen molar-refractivity contribution in [1.29, 1.82) is 0 Å². The Morgan fingerprint density at radius 1 is 1.07 bits per heavy atom. The van der Waals surface area contributed by atoms with Crippen LogP contribution in [0.1, 0.15) is 41.1 Å². The lowest BCUT2D eigenvalue weighted by Crippen LogP contribution is -2.22. The summed E-state index contributed by atoms with van der Waals surface area (Å²) in [4.78, 5) is 9.48. The van der Waals surface area contributed by atoms with Gasteiger partial charge in [0.2, 0.25) is 5.75 Å². The molecule has 1 N–H and O–H groups in total. The van der Waals surface area contributed by atoms with Crippen molar-refractivity contribution in [2.24, 2.45) is 0 Å². The van der Waals surface area contributed by atoms with E-state index in [1.165, 1.54) is 5.56 Å². The number of nitrogens with zero attached hydrogens (tertiary/aromatic N) is 2. The number of aromatic nitrogens is 2. The molecule has 0 saturated heterocycles. The van der Waals surface area contributed by atoms with Gasteiger partial charge in [-0.1, -0.05) is 6.92 Å². The maximum Gasteiger partial charge on any atom is 0.203 e. The Morgan fingerprint density at radius 3 is 2.43 bits per heavy atom. The second kappa shape index (κ2) is 8.36. The van der Waals surface area contributed by atoms with Crippen molar-refractivity contribution in [3.63, 3.8) is 0 Å². The summed E-state index contributed by atoms with van der Waals surface area (Å²) < 4.78 is 22.6. The topological polar surface area (TPSA) is 78.6 Å². The van der Waals surface area contributed by atoms with Gasteiger partial charge in [0.05, 0.1) is 21.3 Å². The SMILES string of the molecule is COc1cc(C(C)c2ncc(C)c(-c3cc4c(o3)CCNC4)n2)cc(OC)c1OC. The molecule has 0 saturated carbocycles. The third-order valence-electron chi connectivity index (χ3n) is 5.54. The van der Waals surface area contributed by atoms with Gasteiger partial charge in [0.15, 0.2) is 17.3 Å². The average molecular weight is 409 g/mol. The van der Waals surface area contributed by atoms with Gasteiger partial charge in [-0.15, -0.1) is 0 Å². The van der Waals surface area contributed by atoms with E-state index in [2.05, 4.69) is 23.3 Å². The fourth-order valence-corrected chi connectivity index (χ4v) is 3.78. The van der Waals surface area contributed by atoms with E-state index in [9.17, 15) is 0 Å². The van der Waals surface area contributed by atoms with Gasteiger partial charge in [-0.2, -0.15) is 0 Å². The Bertz CT molecular complexity index is 1010. The molecule has 7 nitrogen and oxygen atoms in total. The summed E-state index contributed by atoms with van der Waals surface area (Å²) in [6.45, 7) is 5.83. The number of rotatable bonds is 6. The first-order valence-corrected chi connectivity index (χ1v) is 10.0. The molecular weight excluding hydrogens is 382 g/mol. The molecule has 0 spiro atoms. The van der Waals surface area contributed by atoms with Crippen LogP contribution in [0.25, 0.3) is 11.5 Å². The van der Waals surface area contributed by atoms with Gasteiger partial charge < -0.3 is 23.9 Å². The molecule has 0 amide bonds. The number of hydrogen-bond donors (Lipinski definition) is 1. The summed E-state index contributed by atoms with van der Waals surface area (Å²) in [7, 11) is 4.82. The van der Waals surface area contributed by atoms with Crippen LogP contribution < -0.4 is 19.5 Å². The van der Waals surface area contributed by atoms with Gasteiger partial charge in [0, 0.05) is 37.2 Å². The zero-order valence-corrected chi connectivity index (χ0v) is 18.0. The predicted octanol–water partition coefficient (Wildman–Crippen LogP) is 3.87. The van der Waals surface area contributed by atoms with Crippen LogP contribution >= 0.6 is 0 Å². The van der Waals surface area contributed by atoms with E-state index in [4.69, 9.17) is 23.6 Å². The van der Waals surface area contributed by atoms with Gasteiger partial charge in [0.1, 0.15) is 17.3 Å². The summed E-state index contributed by atoms with van der Waals surface area (Å²) in [5.41, 5.74) is 3.99. The quantitative estimate of drug-likeness (QED) is 0.662. The second-order valence-corrected chi connectivity index (χ2v) is 7.43. The molecule has 0 fully saturated rings. The zero-order valence-electron chi connectivity index (χ0n) is 18.0. The van der Waals surface area contributed by atoms with Crippen LogP contribution in [0, 0.1) is 6.92 Å². The van der Waals surface area contributed by atoms with Crippen LogP contribution in [0.15, 0.2) is 28.8 Å². The Balaban J connectivity index is 1.73. The molecule has 3 heterocycles. The Hall–Kier alpha value is -3.06. The van der Waals surface area contributed by atoms with E-state index >= 15 is 0 Å². The van der Waals surface area contributed by atoms with Crippen LogP contribution in [-0.4, -0.2) is 37.8 Å². The summed E-state index contributed by atoms with van der Waals surface area (Å²) in [6, 6.07) is 5.96. The maximum atomic E-state index is 6.13. The molecule has 3 aromatic rings. The molecule has 158 valence electrons. The molecule has 1 unspecified atom stereocenters. The monoisotopic (exact) mass is 409 g/mol. The third kappa shape index (κ3) is 3.61. The largest absolute Gasteiger partial charge is 0.493 e. The molecule has 2 aromatic heterocycles. The number of benzene rings is 1. The lowest BCUT2D eigenvalue weighted by molar-refractivity contribution is 0.323. The molecule has 0 radical (unpaired) electrons. The molecule has 30 heavy (non-hydrogen) atoms. The highest BCUT2D eigenvalue weighted by Crippen LogP contribution is 2.41. The molecule has 1 aromatic carbocycles. The molecule has 1 aliphatic rings. The summed E-state index contributed by atoms with van der Waals surface area (Å²) in [5, 5.41) is 3.38. The van der Waals surface area contributed by atoms with Crippen LogP contribution in [0.5, 0.6) is 17.2 Å². The fourth-order valence-electron chi connectivity index (χ4n) is 3.78. The minimum absolute atomic E-state index is 0.0793. The van der Waals surface area contributed by atoms with Gasteiger partial charge in [0.25, 0.3) is 0 Å². The Morgan fingerprint density at radius 2 is 1.80 bits per heavy atom. The maximum absolute atomic E-state index is 6.13. The summed E-state index contributed by atoms with van der Waals surface area (Å²) >= 11 is 0. The fraction of sp³-hybridized carbons (Fsp3) is 0.391. The van der Waals surface area contributed by atoms with E-state index in [1.54, 1.807) is 21.3 Å². The minimum Gasteiger partial charge on any atom is -0.493 e. The van der Waals surface area contributed by atoms with Gasteiger partial charge >= 0.3 is 0 Å². The van der Waals surface area contributed by atoms with Crippen molar-refractivity contribution >= 4 is 0 Å². The lowest BCUT2D eigenvalue weighted by atomic mass is 9.98. The first-order valence-electron chi connectivity index (χ1n) is 10.0. The summed E-state index contributed by atoms with van der Waals surface area (Å²) in [6.07, 6.45) is 2.75. The van der Waals surface area contributed by atoms with Crippen LogP contribution in [0.4, 0.5) is 0 Å². The number of nitrogens with one attached hydrogen (secondary N) is 1. The Labute approximate surface area is 176 Å². The number of furan rings is 1. The Kier molecular flexibility index (Phi) is 5.63. The molecule has 4 rings (SSSR count). The standard InChI is InChI=1S/C23H27N3O4/c1-13-11-25-23(26-21(13)18-10-16-12-24-7-6-17(16)30-18)14(2)15-8-19(27-3)22(29-5)20(9-15)28-4/h8-11,14,24H,6-7,12H2,1-5H3. The highest BCUT2D eigenvalue weighted by atomic mass is 16.5. The van der Waals surface area contributed by atoms with Crippen molar-refractivity contribution in [1.82, 2.24) is 15.3 Å². The van der Waals surface area contributed by atoms with Crippen LogP contribution in [0.2, 0.25) is 0 Å². The molecular formula is C23H27N3O4.